The molecule has 0 unspecified atom stereocenters. The third-order valence-corrected chi connectivity index (χ3v) is 6.71. The number of carbonyl (C=O) groups excluding carboxylic acids is 1. The first kappa shape index (κ1) is 19.8. The lowest BCUT2D eigenvalue weighted by Gasteiger charge is -2.11. The Morgan fingerprint density at radius 2 is 2.03 bits per heavy atom. The number of benzene rings is 1. The number of nitrogens with one attached hydrogen (secondary N) is 1. The van der Waals surface area contributed by atoms with E-state index in [9.17, 15) is 14.0 Å². The van der Waals surface area contributed by atoms with Crippen molar-refractivity contribution < 1.29 is 9.18 Å². The van der Waals surface area contributed by atoms with Crippen LogP contribution in [0.4, 0.5) is 15.2 Å². The van der Waals surface area contributed by atoms with Crippen LogP contribution in [0.25, 0.3) is 10.3 Å². The van der Waals surface area contributed by atoms with Crippen molar-refractivity contribution >= 4 is 50.2 Å². The van der Waals surface area contributed by atoms with E-state index in [1.165, 1.54) is 23.5 Å². The Labute approximate surface area is 175 Å². The number of para-hydroxylation sites is 1. The first-order valence-corrected chi connectivity index (χ1v) is 11.2. The van der Waals surface area contributed by atoms with Gasteiger partial charge in [-0.25, -0.2) is 9.37 Å². The van der Waals surface area contributed by atoms with Crippen LogP contribution in [0.1, 0.15) is 19.8 Å². The summed E-state index contributed by atoms with van der Waals surface area (Å²) < 4.78 is 15.8. The summed E-state index contributed by atoms with van der Waals surface area (Å²) in [4.78, 5) is 36.4. The lowest BCUT2D eigenvalue weighted by Crippen LogP contribution is -2.23. The quantitative estimate of drug-likeness (QED) is 0.474. The molecule has 1 aliphatic rings. The van der Waals surface area contributed by atoms with Crippen LogP contribution in [0.15, 0.2) is 34.2 Å². The molecule has 0 atom stereocenters. The molecule has 1 aromatic carbocycles. The maximum Gasteiger partial charge on any atom is 0.273 e. The van der Waals surface area contributed by atoms with E-state index in [4.69, 9.17) is 0 Å². The summed E-state index contributed by atoms with van der Waals surface area (Å²) in [5.74, 6) is -0.851. The summed E-state index contributed by atoms with van der Waals surface area (Å²) in [5.41, 5.74) is 0.408. The third kappa shape index (κ3) is 4.13. The molecule has 1 amide bonds. The van der Waals surface area contributed by atoms with Crippen molar-refractivity contribution in [3.8, 4) is 0 Å². The molecule has 0 bridgehead atoms. The Morgan fingerprint density at radius 3 is 2.76 bits per heavy atom. The van der Waals surface area contributed by atoms with Gasteiger partial charge in [-0.05, 0) is 31.9 Å². The number of anilines is 2. The van der Waals surface area contributed by atoms with Gasteiger partial charge in [0, 0.05) is 19.6 Å². The van der Waals surface area contributed by atoms with Gasteiger partial charge in [0.15, 0.2) is 15.9 Å². The Morgan fingerprint density at radius 1 is 1.28 bits per heavy atom. The van der Waals surface area contributed by atoms with Gasteiger partial charge in [-0.3, -0.25) is 14.2 Å². The molecule has 0 radical (unpaired) electrons. The number of hydrogen-bond donors (Lipinski definition) is 1. The number of amides is 1. The van der Waals surface area contributed by atoms with Crippen LogP contribution in [-0.4, -0.2) is 39.3 Å². The van der Waals surface area contributed by atoms with Gasteiger partial charge in [0.1, 0.15) is 10.5 Å². The molecule has 1 N–H and O–H groups in total. The van der Waals surface area contributed by atoms with Crippen molar-refractivity contribution in [1.29, 1.82) is 0 Å². The molecular weight excluding hydrogens is 413 g/mol. The number of thioether (sulfide) groups is 1. The van der Waals surface area contributed by atoms with Crippen molar-refractivity contribution in [1.82, 2.24) is 14.5 Å². The summed E-state index contributed by atoms with van der Waals surface area (Å²) in [7, 11) is 0. The van der Waals surface area contributed by atoms with E-state index in [0.29, 0.717) is 22.0 Å². The SMILES string of the molecule is CCn1c(SCC(=O)Nc2ccccc2F)nc2nc(N3CCCC3)sc2c1=O. The third-order valence-electron chi connectivity index (χ3n) is 4.64. The number of rotatable bonds is 6. The van der Waals surface area contributed by atoms with Gasteiger partial charge in [-0.1, -0.05) is 35.2 Å². The summed E-state index contributed by atoms with van der Waals surface area (Å²) in [6, 6.07) is 5.99. The van der Waals surface area contributed by atoms with E-state index < -0.39 is 5.82 Å². The maximum absolute atomic E-state index is 13.7. The van der Waals surface area contributed by atoms with Crippen molar-refractivity contribution in [2.24, 2.45) is 0 Å². The number of aromatic nitrogens is 3. The summed E-state index contributed by atoms with van der Waals surface area (Å²) in [6.45, 7) is 4.19. The number of carbonyl (C=O) groups is 1. The van der Waals surface area contributed by atoms with E-state index in [-0.39, 0.29) is 22.9 Å². The average molecular weight is 434 g/mol. The zero-order chi connectivity index (χ0) is 20.4. The van der Waals surface area contributed by atoms with Crippen molar-refractivity contribution in [2.75, 3.05) is 29.1 Å². The monoisotopic (exact) mass is 433 g/mol. The molecule has 1 aliphatic heterocycles. The molecule has 0 aliphatic carbocycles. The molecule has 29 heavy (non-hydrogen) atoms. The van der Waals surface area contributed by atoms with Gasteiger partial charge in [-0.2, -0.15) is 4.98 Å². The molecule has 1 saturated heterocycles. The lowest BCUT2D eigenvalue weighted by atomic mass is 10.3. The lowest BCUT2D eigenvalue weighted by molar-refractivity contribution is -0.113. The number of halogens is 1. The fourth-order valence-electron chi connectivity index (χ4n) is 3.19. The van der Waals surface area contributed by atoms with Gasteiger partial charge in [0.2, 0.25) is 5.91 Å². The highest BCUT2D eigenvalue weighted by molar-refractivity contribution is 7.99. The molecule has 152 valence electrons. The molecule has 7 nitrogen and oxygen atoms in total. The van der Waals surface area contributed by atoms with E-state index >= 15 is 0 Å². The molecule has 4 rings (SSSR count). The fourth-order valence-corrected chi connectivity index (χ4v) is 5.05. The number of hydrogen-bond acceptors (Lipinski definition) is 7. The van der Waals surface area contributed by atoms with Gasteiger partial charge in [0.25, 0.3) is 5.56 Å². The van der Waals surface area contributed by atoms with E-state index in [1.54, 1.807) is 16.7 Å². The van der Waals surface area contributed by atoms with Crippen LogP contribution >= 0.6 is 23.1 Å². The average Bonchev–Trinajstić information content (AvgIpc) is 3.38. The molecule has 10 heteroatoms. The Hall–Kier alpha value is -2.46. The number of thiazole rings is 1. The zero-order valence-corrected chi connectivity index (χ0v) is 17.5. The Balaban J connectivity index is 1.55. The molecule has 2 aromatic heterocycles. The fraction of sp³-hybridized carbons (Fsp3) is 0.368. The highest BCUT2D eigenvalue weighted by Gasteiger charge is 2.21. The largest absolute Gasteiger partial charge is 0.348 e. The highest BCUT2D eigenvalue weighted by atomic mass is 32.2. The van der Waals surface area contributed by atoms with Crippen LogP contribution in [0, 0.1) is 5.82 Å². The van der Waals surface area contributed by atoms with Crippen molar-refractivity contribution in [2.45, 2.75) is 31.5 Å². The minimum Gasteiger partial charge on any atom is -0.348 e. The minimum atomic E-state index is -0.493. The summed E-state index contributed by atoms with van der Waals surface area (Å²) >= 11 is 2.52. The second-order valence-corrected chi connectivity index (χ2v) is 8.52. The van der Waals surface area contributed by atoms with Crippen LogP contribution in [-0.2, 0) is 11.3 Å². The van der Waals surface area contributed by atoms with Gasteiger partial charge in [-0.15, -0.1) is 0 Å². The van der Waals surface area contributed by atoms with Crippen molar-refractivity contribution in [3.63, 3.8) is 0 Å². The van der Waals surface area contributed by atoms with Crippen LogP contribution in [0.2, 0.25) is 0 Å². The van der Waals surface area contributed by atoms with Crippen LogP contribution in [0.3, 0.4) is 0 Å². The topological polar surface area (TPSA) is 80.1 Å². The second kappa shape index (κ2) is 8.50. The standard InChI is InChI=1S/C19H20FN5O2S2/c1-2-25-17(27)15-16(22-18(29-15)24-9-5-6-10-24)23-19(25)28-11-14(26)21-13-8-4-3-7-12(13)20/h3-4,7-8H,2,5-6,9-11H2,1H3,(H,21,26). The van der Waals surface area contributed by atoms with E-state index in [1.807, 2.05) is 6.92 Å². The molecule has 0 spiro atoms. The second-order valence-electron chi connectivity index (χ2n) is 6.60. The van der Waals surface area contributed by atoms with Gasteiger partial charge in [0.05, 0.1) is 11.4 Å². The maximum atomic E-state index is 13.7. The Bertz CT molecular complexity index is 1110. The normalized spacial score (nSPS) is 13.9. The predicted octanol–water partition coefficient (Wildman–Crippen LogP) is 3.34. The number of fused-ring (bicyclic) bond motifs is 1. The van der Waals surface area contributed by atoms with Crippen molar-refractivity contribution in [3.05, 3.63) is 40.4 Å². The molecular formula is C19H20FN5O2S2. The molecule has 0 saturated carbocycles. The van der Waals surface area contributed by atoms with Crippen LogP contribution < -0.4 is 15.8 Å². The van der Waals surface area contributed by atoms with Crippen LogP contribution in [0.5, 0.6) is 0 Å². The van der Waals surface area contributed by atoms with Gasteiger partial charge >= 0.3 is 0 Å². The highest BCUT2D eigenvalue weighted by Crippen LogP contribution is 2.29. The van der Waals surface area contributed by atoms with E-state index in [0.717, 1.165) is 42.8 Å². The number of nitrogens with zero attached hydrogens (tertiary/aromatic N) is 4. The molecule has 3 aromatic rings. The van der Waals surface area contributed by atoms with E-state index in [2.05, 4.69) is 20.2 Å². The molecule has 3 heterocycles. The Kier molecular flexibility index (Phi) is 5.81. The summed E-state index contributed by atoms with van der Waals surface area (Å²) in [5, 5.41) is 3.80. The predicted molar refractivity (Wildman–Crippen MR) is 115 cm³/mol. The zero-order valence-electron chi connectivity index (χ0n) is 15.9. The summed E-state index contributed by atoms with van der Waals surface area (Å²) in [6.07, 6.45) is 2.25. The smallest absolute Gasteiger partial charge is 0.273 e. The molecule has 1 fully saturated rings. The minimum absolute atomic E-state index is 0.00933. The van der Waals surface area contributed by atoms with Gasteiger partial charge < -0.3 is 10.2 Å². The first-order valence-electron chi connectivity index (χ1n) is 9.40. The first-order chi connectivity index (χ1) is 14.1.